The summed E-state index contributed by atoms with van der Waals surface area (Å²) in [6, 6.07) is 14.4. The molecule has 0 aliphatic carbocycles. The molecule has 0 radical (unpaired) electrons. The Labute approximate surface area is 171 Å². The average Bonchev–Trinajstić information content (AvgIpc) is 3.26. The molecule has 1 amide bonds. The van der Waals surface area contributed by atoms with Crippen molar-refractivity contribution in [2.75, 3.05) is 7.11 Å². The maximum atomic E-state index is 12.4. The lowest BCUT2D eigenvalue weighted by Gasteiger charge is -2.06. The van der Waals surface area contributed by atoms with E-state index in [9.17, 15) is 9.59 Å². The van der Waals surface area contributed by atoms with Crippen molar-refractivity contribution in [1.29, 1.82) is 0 Å². The number of benzene rings is 2. The predicted molar refractivity (Wildman–Crippen MR) is 109 cm³/mol. The molecular weight excluding hydrogens is 386 g/mol. The summed E-state index contributed by atoms with van der Waals surface area (Å²) in [5.41, 5.74) is 1.24. The van der Waals surface area contributed by atoms with E-state index in [0.29, 0.717) is 22.6 Å². The van der Waals surface area contributed by atoms with Crippen LogP contribution in [0.5, 0.6) is 5.75 Å². The first-order valence-corrected chi connectivity index (χ1v) is 9.32. The van der Waals surface area contributed by atoms with Gasteiger partial charge in [0.05, 0.1) is 30.9 Å². The lowest BCUT2D eigenvalue weighted by Crippen LogP contribution is -2.27. The number of nitrogens with zero attached hydrogens (tertiary/aromatic N) is 4. The number of amides is 1. The van der Waals surface area contributed by atoms with Crippen molar-refractivity contribution in [3.63, 3.8) is 0 Å². The second-order valence-corrected chi connectivity index (χ2v) is 6.53. The minimum Gasteiger partial charge on any atom is -0.497 e. The van der Waals surface area contributed by atoms with Crippen LogP contribution in [0.3, 0.4) is 0 Å². The molecule has 0 aliphatic rings. The number of aromatic nitrogens is 4. The fourth-order valence-electron chi connectivity index (χ4n) is 2.93. The average molecular weight is 405 g/mol. The molecular formula is C21H19N5O4. The number of aryl methyl sites for hydroxylation is 1. The molecule has 0 unspecified atom stereocenters. The Morgan fingerprint density at radius 1 is 1.17 bits per heavy atom. The Hall–Kier alpha value is -4.01. The number of hydrogen-bond donors (Lipinski definition) is 1. The Kier molecular flexibility index (Phi) is 5.51. The fourth-order valence-corrected chi connectivity index (χ4v) is 2.93. The van der Waals surface area contributed by atoms with E-state index in [1.54, 1.807) is 37.4 Å². The highest BCUT2D eigenvalue weighted by Crippen LogP contribution is 2.19. The predicted octanol–water partition coefficient (Wildman–Crippen LogP) is 2.16. The number of hydrogen-bond acceptors (Lipinski definition) is 7. The molecule has 0 saturated heterocycles. The molecule has 0 fully saturated rings. The molecule has 0 aliphatic heterocycles. The number of ether oxygens (including phenoxy) is 1. The number of rotatable bonds is 7. The van der Waals surface area contributed by atoms with Crippen molar-refractivity contribution < 1.29 is 14.1 Å². The van der Waals surface area contributed by atoms with Crippen molar-refractivity contribution >= 4 is 16.8 Å². The van der Waals surface area contributed by atoms with Gasteiger partial charge in [0.1, 0.15) is 5.75 Å². The van der Waals surface area contributed by atoms with Gasteiger partial charge in [-0.25, -0.2) is 4.98 Å². The van der Waals surface area contributed by atoms with Crippen molar-refractivity contribution in [2.24, 2.45) is 0 Å². The van der Waals surface area contributed by atoms with E-state index in [-0.39, 0.29) is 31.0 Å². The van der Waals surface area contributed by atoms with Gasteiger partial charge < -0.3 is 14.6 Å². The van der Waals surface area contributed by atoms with Crippen LogP contribution in [0.4, 0.5) is 0 Å². The van der Waals surface area contributed by atoms with Crippen LogP contribution < -0.4 is 15.6 Å². The van der Waals surface area contributed by atoms with E-state index in [2.05, 4.69) is 20.4 Å². The minimum atomic E-state index is -0.237. The summed E-state index contributed by atoms with van der Waals surface area (Å²) in [7, 11) is 1.59. The Bertz CT molecular complexity index is 1230. The number of fused-ring (bicyclic) bond motifs is 1. The standard InChI is InChI=1S/C21H19N5O4/c1-29-15-8-6-14(7-9-15)20-24-19(30-25-20)12-22-18(27)10-11-26-13-23-17-5-3-2-4-16(17)21(26)28/h2-9,13H,10-12H2,1H3,(H,22,27). The van der Waals surface area contributed by atoms with Crippen LogP contribution >= 0.6 is 0 Å². The number of para-hydroxylation sites is 1. The van der Waals surface area contributed by atoms with Gasteiger partial charge in [-0.15, -0.1) is 0 Å². The summed E-state index contributed by atoms with van der Waals surface area (Å²) in [6.45, 7) is 0.330. The number of methoxy groups -OCH3 is 1. The molecule has 9 heteroatoms. The molecule has 30 heavy (non-hydrogen) atoms. The van der Waals surface area contributed by atoms with E-state index in [0.717, 1.165) is 11.3 Å². The fraction of sp³-hybridized carbons (Fsp3) is 0.190. The van der Waals surface area contributed by atoms with Crippen LogP contribution in [0.1, 0.15) is 12.3 Å². The third kappa shape index (κ3) is 4.19. The Morgan fingerprint density at radius 2 is 1.97 bits per heavy atom. The van der Waals surface area contributed by atoms with Crippen LogP contribution in [0.2, 0.25) is 0 Å². The van der Waals surface area contributed by atoms with Gasteiger partial charge in [0.2, 0.25) is 17.6 Å². The summed E-state index contributed by atoms with van der Waals surface area (Å²) in [4.78, 5) is 33.1. The zero-order valence-electron chi connectivity index (χ0n) is 16.2. The lowest BCUT2D eigenvalue weighted by molar-refractivity contribution is -0.121. The zero-order chi connectivity index (χ0) is 20.9. The summed E-state index contributed by atoms with van der Waals surface area (Å²) in [6.07, 6.45) is 1.58. The second-order valence-electron chi connectivity index (χ2n) is 6.53. The van der Waals surface area contributed by atoms with Gasteiger partial charge in [-0.1, -0.05) is 17.3 Å². The van der Waals surface area contributed by atoms with Crippen molar-refractivity contribution in [3.05, 3.63) is 71.1 Å². The van der Waals surface area contributed by atoms with Gasteiger partial charge >= 0.3 is 0 Å². The molecule has 152 valence electrons. The zero-order valence-corrected chi connectivity index (χ0v) is 16.2. The molecule has 0 atom stereocenters. The molecule has 4 aromatic rings. The first-order chi connectivity index (χ1) is 14.6. The highest BCUT2D eigenvalue weighted by molar-refractivity contribution is 5.77. The third-order valence-corrected chi connectivity index (χ3v) is 4.56. The second kappa shape index (κ2) is 8.56. The SMILES string of the molecule is COc1ccc(-c2noc(CNC(=O)CCn3cnc4ccccc4c3=O)n2)cc1. The van der Waals surface area contributed by atoms with E-state index >= 15 is 0 Å². The highest BCUT2D eigenvalue weighted by Gasteiger charge is 2.11. The van der Waals surface area contributed by atoms with Gasteiger partial charge in [0, 0.05) is 18.5 Å². The molecule has 2 aromatic carbocycles. The van der Waals surface area contributed by atoms with Crippen molar-refractivity contribution in [1.82, 2.24) is 25.0 Å². The number of nitrogens with one attached hydrogen (secondary N) is 1. The molecule has 0 bridgehead atoms. The van der Waals surface area contributed by atoms with E-state index in [1.165, 1.54) is 10.9 Å². The van der Waals surface area contributed by atoms with Crippen LogP contribution in [0, 0.1) is 0 Å². The molecule has 2 heterocycles. The first-order valence-electron chi connectivity index (χ1n) is 9.32. The van der Waals surface area contributed by atoms with Crippen molar-refractivity contribution in [2.45, 2.75) is 19.5 Å². The molecule has 2 aromatic heterocycles. The normalized spacial score (nSPS) is 10.8. The minimum absolute atomic E-state index is 0.104. The van der Waals surface area contributed by atoms with Gasteiger partial charge in [-0.05, 0) is 36.4 Å². The van der Waals surface area contributed by atoms with E-state index in [4.69, 9.17) is 9.26 Å². The third-order valence-electron chi connectivity index (χ3n) is 4.56. The lowest BCUT2D eigenvalue weighted by atomic mass is 10.2. The highest BCUT2D eigenvalue weighted by atomic mass is 16.5. The molecule has 9 nitrogen and oxygen atoms in total. The monoisotopic (exact) mass is 405 g/mol. The van der Waals surface area contributed by atoms with Gasteiger partial charge in [0.25, 0.3) is 5.56 Å². The first kappa shape index (κ1) is 19.3. The van der Waals surface area contributed by atoms with Crippen molar-refractivity contribution in [3.8, 4) is 17.1 Å². The topological polar surface area (TPSA) is 112 Å². The molecule has 1 N–H and O–H groups in total. The molecule has 0 spiro atoms. The van der Waals surface area contributed by atoms with Crippen LogP contribution in [-0.4, -0.2) is 32.7 Å². The number of carbonyl (C=O) groups excluding carboxylic acids is 1. The van der Waals surface area contributed by atoms with E-state index in [1.807, 2.05) is 18.2 Å². The summed E-state index contributed by atoms with van der Waals surface area (Å²) in [5, 5.41) is 7.17. The summed E-state index contributed by atoms with van der Waals surface area (Å²) >= 11 is 0. The van der Waals surface area contributed by atoms with Crippen LogP contribution in [-0.2, 0) is 17.9 Å². The van der Waals surface area contributed by atoms with Crippen LogP contribution in [0.25, 0.3) is 22.3 Å². The van der Waals surface area contributed by atoms with Gasteiger partial charge in [0.15, 0.2) is 0 Å². The molecule has 0 saturated carbocycles. The maximum Gasteiger partial charge on any atom is 0.261 e. The number of carbonyl (C=O) groups is 1. The largest absolute Gasteiger partial charge is 0.497 e. The maximum absolute atomic E-state index is 12.4. The van der Waals surface area contributed by atoms with Gasteiger partial charge in [-0.3, -0.25) is 14.2 Å². The summed E-state index contributed by atoms with van der Waals surface area (Å²) < 4.78 is 11.7. The quantitative estimate of drug-likeness (QED) is 0.501. The van der Waals surface area contributed by atoms with E-state index < -0.39 is 0 Å². The Balaban J connectivity index is 1.33. The smallest absolute Gasteiger partial charge is 0.261 e. The Morgan fingerprint density at radius 3 is 2.77 bits per heavy atom. The molecule has 4 rings (SSSR count). The van der Waals surface area contributed by atoms with Gasteiger partial charge in [-0.2, -0.15) is 4.98 Å². The summed E-state index contributed by atoms with van der Waals surface area (Å²) in [5.74, 6) is 1.21. The van der Waals surface area contributed by atoms with Crippen LogP contribution in [0.15, 0.2) is 64.2 Å².